The molecule has 6 rings (SSSR count). The molecular formula is C27H16OS6. The molecule has 166 valence electrons. The van der Waals surface area contributed by atoms with Crippen molar-refractivity contribution in [3.8, 4) is 0 Å². The molecule has 3 heterocycles. The van der Waals surface area contributed by atoms with Gasteiger partial charge in [0, 0.05) is 35.0 Å². The van der Waals surface area contributed by atoms with Gasteiger partial charge in [-0.3, -0.25) is 4.79 Å². The zero-order valence-electron chi connectivity index (χ0n) is 17.6. The van der Waals surface area contributed by atoms with E-state index >= 15 is 0 Å². The van der Waals surface area contributed by atoms with Crippen molar-refractivity contribution in [3.05, 3.63) is 119 Å². The van der Waals surface area contributed by atoms with Gasteiger partial charge in [-0.25, -0.2) is 0 Å². The molecule has 0 saturated heterocycles. The maximum Gasteiger partial charge on any atom is 0.152 e. The molecule has 34 heavy (non-hydrogen) atoms. The van der Waals surface area contributed by atoms with E-state index in [2.05, 4.69) is 60.7 Å². The summed E-state index contributed by atoms with van der Waals surface area (Å²) in [5.41, 5.74) is 1.72. The smallest absolute Gasteiger partial charge is 0.152 e. The van der Waals surface area contributed by atoms with E-state index in [0.717, 1.165) is 21.7 Å². The minimum atomic E-state index is 0.755. The lowest BCUT2D eigenvalue weighted by Gasteiger charge is -2.04. The van der Waals surface area contributed by atoms with Crippen LogP contribution in [0.4, 0.5) is 0 Å². The molecule has 1 nitrogen and oxygen atoms in total. The summed E-state index contributed by atoms with van der Waals surface area (Å²) in [5.74, 6) is 0. The van der Waals surface area contributed by atoms with E-state index in [1.165, 1.54) is 37.9 Å². The predicted octanol–water partition coefficient (Wildman–Crippen LogP) is 9.72. The van der Waals surface area contributed by atoms with Crippen molar-refractivity contribution in [3.63, 3.8) is 0 Å². The van der Waals surface area contributed by atoms with Gasteiger partial charge in [0.15, 0.2) is 6.29 Å². The molecule has 0 aromatic heterocycles. The fraction of sp³-hybridized carbons (Fsp3) is 0. The zero-order chi connectivity index (χ0) is 22.9. The molecule has 3 aromatic rings. The molecule has 0 saturated carbocycles. The lowest BCUT2D eigenvalue weighted by molar-refractivity contribution is -0.103. The van der Waals surface area contributed by atoms with Crippen molar-refractivity contribution < 1.29 is 4.79 Å². The lowest BCUT2D eigenvalue weighted by Crippen LogP contribution is -1.87. The van der Waals surface area contributed by atoms with Crippen LogP contribution in [0.25, 0.3) is 5.57 Å². The quantitative estimate of drug-likeness (QED) is 0.235. The maximum atomic E-state index is 12.1. The summed E-state index contributed by atoms with van der Waals surface area (Å²) in [7, 11) is 0. The summed E-state index contributed by atoms with van der Waals surface area (Å²) in [5, 5.41) is 0. The molecule has 7 heteroatoms. The highest BCUT2D eigenvalue weighted by Gasteiger charge is 2.26. The van der Waals surface area contributed by atoms with E-state index in [1.807, 2.05) is 77.4 Å². The van der Waals surface area contributed by atoms with E-state index < -0.39 is 0 Å². The lowest BCUT2D eigenvalue weighted by atomic mass is 10.1. The van der Waals surface area contributed by atoms with Gasteiger partial charge in [-0.15, -0.1) is 0 Å². The van der Waals surface area contributed by atoms with Crippen LogP contribution in [-0.2, 0) is 4.79 Å². The summed E-state index contributed by atoms with van der Waals surface area (Å²) < 4.78 is 3.57. The van der Waals surface area contributed by atoms with Gasteiger partial charge >= 0.3 is 0 Å². The Kier molecular flexibility index (Phi) is 6.83. The summed E-state index contributed by atoms with van der Waals surface area (Å²) in [6, 6.07) is 27.0. The number of hydrogen-bond donors (Lipinski definition) is 0. The Bertz CT molecular complexity index is 1280. The summed E-state index contributed by atoms with van der Waals surface area (Å²) in [6.45, 7) is 0. The third kappa shape index (κ3) is 4.74. The standard InChI is InChI=1S/C27H16OS6/c28-16-18(17-8-2-1-3-9-17)27-33-23(14-25-29-19-10-4-5-11-20(19)30-25)24(34-27)15-26-31-21-12-6-7-13-22(21)32-26/h1-16H. The normalized spacial score (nSPS) is 16.5. The van der Waals surface area contributed by atoms with Crippen molar-refractivity contribution in [2.75, 3.05) is 0 Å². The number of thioether (sulfide) groups is 6. The number of fused-ring (bicyclic) bond motifs is 2. The molecule has 0 spiro atoms. The van der Waals surface area contributed by atoms with Crippen LogP contribution in [0.15, 0.2) is 133 Å². The molecule has 0 bridgehead atoms. The Morgan fingerprint density at radius 3 is 1.35 bits per heavy atom. The molecule has 3 aliphatic rings. The van der Waals surface area contributed by atoms with E-state index in [-0.39, 0.29) is 0 Å². The third-order valence-electron chi connectivity index (χ3n) is 5.11. The van der Waals surface area contributed by atoms with Gasteiger partial charge in [0.05, 0.1) is 12.7 Å². The molecule has 0 fully saturated rings. The van der Waals surface area contributed by atoms with Crippen LogP contribution in [-0.4, -0.2) is 6.29 Å². The Hall–Kier alpha value is -1.61. The first-order valence-electron chi connectivity index (χ1n) is 10.4. The summed E-state index contributed by atoms with van der Waals surface area (Å²) in [6.07, 6.45) is 5.57. The second-order valence-electron chi connectivity index (χ2n) is 7.35. The van der Waals surface area contributed by atoms with Gasteiger partial charge in [0.25, 0.3) is 0 Å². The van der Waals surface area contributed by atoms with Crippen LogP contribution in [0.1, 0.15) is 5.56 Å². The monoisotopic (exact) mass is 548 g/mol. The second kappa shape index (κ2) is 10.2. The molecule has 0 radical (unpaired) electrons. The van der Waals surface area contributed by atoms with E-state index in [1.54, 1.807) is 23.5 Å². The first-order chi connectivity index (χ1) is 16.8. The average Bonchev–Trinajstić information content (AvgIpc) is 3.57. The Morgan fingerprint density at radius 2 is 0.941 bits per heavy atom. The van der Waals surface area contributed by atoms with Crippen molar-refractivity contribution in [2.45, 2.75) is 19.6 Å². The van der Waals surface area contributed by atoms with Crippen LogP contribution in [0, 0.1) is 0 Å². The molecule has 0 amide bonds. The van der Waals surface area contributed by atoms with Gasteiger partial charge in [-0.1, -0.05) is 125 Å². The number of benzene rings is 3. The number of hydrogen-bond acceptors (Lipinski definition) is 7. The number of allylic oxidation sites excluding steroid dienone is 3. The van der Waals surface area contributed by atoms with E-state index in [4.69, 9.17) is 0 Å². The highest BCUT2D eigenvalue weighted by molar-refractivity contribution is 8.29. The first-order valence-corrected chi connectivity index (χ1v) is 15.3. The first kappa shape index (κ1) is 22.8. The minimum Gasteiger partial charge on any atom is -0.298 e. The molecule has 3 aromatic carbocycles. The summed E-state index contributed by atoms with van der Waals surface area (Å²) in [4.78, 5) is 19.8. The highest BCUT2D eigenvalue weighted by Crippen LogP contribution is 2.58. The fourth-order valence-electron chi connectivity index (χ4n) is 3.53. The van der Waals surface area contributed by atoms with Crippen molar-refractivity contribution in [2.24, 2.45) is 0 Å². The number of carbonyl (C=O) groups is 1. The van der Waals surface area contributed by atoms with Crippen LogP contribution >= 0.6 is 70.6 Å². The molecular weight excluding hydrogens is 533 g/mol. The topological polar surface area (TPSA) is 17.1 Å². The van der Waals surface area contributed by atoms with Gasteiger partial charge in [0.2, 0.25) is 0 Å². The second-order valence-corrected chi connectivity index (χ2v) is 14.6. The summed E-state index contributed by atoms with van der Waals surface area (Å²) >= 11 is 10.7. The largest absolute Gasteiger partial charge is 0.298 e. The van der Waals surface area contributed by atoms with Gasteiger partial charge in [-0.2, -0.15) is 0 Å². The number of aldehydes is 1. The zero-order valence-corrected chi connectivity index (χ0v) is 22.5. The van der Waals surface area contributed by atoms with Crippen molar-refractivity contribution in [1.82, 2.24) is 0 Å². The SMILES string of the molecule is O=CC(=C1SC(C=C2Sc3ccccc3S2)=C(C=C2Sc3ccccc3S2)S1)c1ccccc1. The Balaban J connectivity index is 1.37. The molecule has 3 aliphatic heterocycles. The molecule has 0 unspecified atom stereocenters. The van der Waals surface area contributed by atoms with Crippen LogP contribution in [0.2, 0.25) is 0 Å². The van der Waals surface area contributed by atoms with Crippen LogP contribution in [0.5, 0.6) is 0 Å². The molecule has 0 aliphatic carbocycles. The van der Waals surface area contributed by atoms with Gasteiger partial charge in [0.1, 0.15) is 0 Å². The van der Waals surface area contributed by atoms with E-state index in [9.17, 15) is 4.79 Å². The Labute approximate surface area is 224 Å². The van der Waals surface area contributed by atoms with Crippen LogP contribution in [0.3, 0.4) is 0 Å². The van der Waals surface area contributed by atoms with E-state index in [0.29, 0.717) is 0 Å². The van der Waals surface area contributed by atoms with Gasteiger partial charge < -0.3 is 0 Å². The average molecular weight is 549 g/mol. The Morgan fingerprint density at radius 1 is 0.529 bits per heavy atom. The number of rotatable bonds is 4. The predicted molar refractivity (Wildman–Crippen MR) is 154 cm³/mol. The van der Waals surface area contributed by atoms with Crippen molar-refractivity contribution in [1.29, 1.82) is 0 Å². The van der Waals surface area contributed by atoms with Crippen molar-refractivity contribution >= 4 is 82.4 Å². The van der Waals surface area contributed by atoms with Crippen LogP contribution < -0.4 is 0 Å². The third-order valence-corrected chi connectivity index (χ3v) is 12.5. The fourth-order valence-corrected chi connectivity index (χ4v) is 11.2. The van der Waals surface area contributed by atoms with Gasteiger partial charge in [-0.05, 0) is 42.0 Å². The molecule has 0 atom stereocenters. The minimum absolute atomic E-state index is 0.755. The maximum absolute atomic E-state index is 12.1. The molecule has 0 N–H and O–H groups in total. The number of carbonyl (C=O) groups excluding carboxylic acids is 1. The highest BCUT2D eigenvalue weighted by atomic mass is 32.2.